The van der Waals surface area contributed by atoms with Crippen LogP contribution in [0.1, 0.15) is 25.7 Å². The Morgan fingerprint density at radius 3 is 3.00 bits per heavy atom. The lowest BCUT2D eigenvalue weighted by atomic mass is 9.67. The van der Waals surface area contributed by atoms with Gasteiger partial charge in [0.15, 0.2) is 11.6 Å². The first-order valence-electron chi connectivity index (χ1n) is 5.08. The molecule has 14 heavy (non-hydrogen) atoms. The number of hydrogen-bond donors (Lipinski definition) is 0. The molecule has 0 amide bonds. The molecule has 0 bridgehead atoms. The van der Waals surface area contributed by atoms with Crippen molar-refractivity contribution in [1.29, 1.82) is 0 Å². The number of hydrogen-bond acceptors (Lipinski definition) is 3. The summed E-state index contributed by atoms with van der Waals surface area (Å²) in [5, 5.41) is 0. The molecule has 0 spiro atoms. The van der Waals surface area contributed by atoms with Crippen LogP contribution in [-0.4, -0.2) is 23.8 Å². The summed E-state index contributed by atoms with van der Waals surface area (Å²) in [5.74, 6) is 0.203. The Balaban J connectivity index is 2.18. The maximum Gasteiger partial charge on any atom is 0.168 e. The second-order valence-electron chi connectivity index (χ2n) is 4.51. The van der Waals surface area contributed by atoms with Crippen molar-refractivity contribution in [1.82, 2.24) is 0 Å². The molecule has 0 aromatic carbocycles. The van der Waals surface area contributed by atoms with Gasteiger partial charge in [0, 0.05) is 6.42 Å². The van der Waals surface area contributed by atoms with Crippen molar-refractivity contribution in [3.8, 4) is 0 Å². The van der Waals surface area contributed by atoms with E-state index >= 15 is 0 Å². The van der Waals surface area contributed by atoms with Gasteiger partial charge in [0.2, 0.25) is 0 Å². The lowest BCUT2D eigenvalue weighted by Gasteiger charge is -2.37. The zero-order valence-corrected chi connectivity index (χ0v) is 7.91. The second kappa shape index (κ2) is 2.34. The summed E-state index contributed by atoms with van der Waals surface area (Å²) in [5.41, 5.74) is -0.906. The number of carbonyl (C=O) groups excluding carboxylic acids is 2. The zero-order chi connectivity index (χ0) is 9.81. The molecular weight excluding hydrogens is 180 g/mol. The van der Waals surface area contributed by atoms with E-state index in [1.165, 1.54) is 0 Å². The number of rotatable bonds is 0. The van der Waals surface area contributed by atoms with Crippen LogP contribution >= 0.6 is 0 Å². The van der Waals surface area contributed by atoms with E-state index in [9.17, 15) is 9.59 Å². The number of ketones is 2. The SMILES string of the molecule is O=C1C=C[C@]23CCC[C@@]2(C1)C(=O)CO3. The molecule has 1 saturated carbocycles. The van der Waals surface area contributed by atoms with Gasteiger partial charge in [0.05, 0.1) is 5.41 Å². The van der Waals surface area contributed by atoms with Crippen molar-refractivity contribution in [3.63, 3.8) is 0 Å². The van der Waals surface area contributed by atoms with E-state index in [2.05, 4.69) is 0 Å². The normalized spacial score (nSPS) is 45.4. The maximum absolute atomic E-state index is 11.8. The van der Waals surface area contributed by atoms with Gasteiger partial charge in [-0.25, -0.2) is 0 Å². The third-order valence-corrected chi connectivity index (χ3v) is 3.97. The maximum atomic E-state index is 11.8. The van der Waals surface area contributed by atoms with Gasteiger partial charge < -0.3 is 4.74 Å². The molecule has 1 aliphatic heterocycles. The number of Topliss-reactive ketones (excluding diaryl/α,β-unsaturated/α-hetero) is 1. The van der Waals surface area contributed by atoms with Crippen LogP contribution in [0.25, 0.3) is 0 Å². The van der Waals surface area contributed by atoms with Crippen molar-refractivity contribution in [2.45, 2.75) is 31.3 Å². The quantitative estimate of drug-likeness (QED) is 0.575. The van der Waals surface area contributed by atoms with Gasteiger partial charge in [-0.3, -0.25) is 9.59 Å². The highest BCUT2D eigenvalue weighted by Gasteiger charge is 2.64. The standard InChI is InChI=1S/C11H12O3/c12-8-2-5-11-4-1-3-10(11,6-8)9(13)7-14-11/h2,5H,1,3-4,6-7H2/t10-,11-/m1/s1. The van der Waals surface area contributed by atoms with Crippen molar-refractivity contribution in [3.05, 3.63) is 12.2 Å². The largest absolute Gasteiger partial charge is 0.362 e. The first kappa shape index (κ1) is 8.36. The average Bonchev–Trinajstić information content (AvgIpc) is 2.64. The summed E-state index contributed by atoms with van der Waals surface area (Å²) in [6.07, 6.45) is 6.48. The fourth-order valence-corrected chi connectivity index (χ4v) is 3.23. The van der Waals surface area contributed by atoms with E-state index in [1.54, 1.807) is 6.08 Å². The molecule has 0 unspecified atom stereocenters. The lowest BCUT2D eigenvalue weighted by molar-refractivity contribution is -0.131. The Labute approximate surface area is 82.1 Å². The number of carbonyl (C=O) groups is 2. The summed E-state index contributed by atoms with van der Waals surface area (Å²) in [7, 11) is 0. The van der Waals surface area contributed by atoms with Crippen LogP contribution in [0.3, 0.4) is 0 Å². The lowest BCUT2D eigenvalue weighted by Crippen LogP contribution is -2.46. The summed E-state index contributed by atoms with van der Waals surface area (Å²) < 4.78 is 5.63. The summed E-state index contributed by atoms with van der Waals surface area (Å²) in [4.78, 5) is 23.2. The Kier molecular flexibility index (Phi) is 1.40. The predicted octanol–water partition coefficient (Wildman–Crippen LogP) is 1.02. The second-order valence-corrected chi connectivity index (χ2v) is 4.51. The zero-order valence-electron chi connectivity index (χ0n) is 7.91. The molecule has 3 rings (SSSR count). The Morgan fingerprint density at radius 2 is 2.14 bits per heavy atom. The molecule has 2 aliphatic carbocycles. The van der Waals surface area contributed by atoms with E-state index in [4.69, 9.17) is 4.74 Å². The molecule has 1 saturated heterocycles. The van der Waals surface area contributed by atoms with E-state index in [0.29, 0.717) is 6.42 Å². The van der Waals surface area contributed by atoms with Crippen molar-refractivity contribution >= 4 is 11.6 Å². The third-order valence-electron chi connectivity index (χ3n) is 3.97. The van der Waals surface area contributed by atoms with Crippen LogP contribution in [0.2, 0.25) is 0 Å². The highest BCUT2D eigenvalue weighted by molar-refractivity contribution is 6.01. The fourth-order valence-electron chi connectivity index (χ4n) is 3.23. The van der Waals surface area contributed by atoms with Gasteiger partial charge in [0.1, 0.15) is 12.2 Å². The smallest absolute Gasteiger partial charge is 0.168 e. The van der Waals surface area contributed by atoms with Gasteiger partial charge in [-0.1, -0.05) is 0 Å². The molecule has 2 atom stereocenters. The van der Waals surface area contributed by atoms with Crippen molar-refractivity contribution < 1.29 is 14.3 Å². The van der Waals surface area contributed by atoms with Gasteiger partial charge in [0.25, 0.3) is 0 Å². The van der Waals surface area contributed by atoms with Gasteiger partial charge in [-0.15, -0.1) is 0 Å². The molecule has 0 radical (unpaired) electrons. The topological polar surface area (TPSA) is 43.4 Å². The minimum Gasteiger partial charge on any atom is -0.362 e. The molecule has 0 N–H and O–H groups in total. The summed E-state index contributed by atoms with van der Waals surface area (Å²) in [6, 6.07) is 0. The van der Waals surface area contributed by atoms with E-state index in [0.717, 1.165) is 19.3 Å². The molecule has 1 heterocycles. The first-order valence-corrected chi connectivity index (χ1v) is 5.08. The van der Waals surface area contributed by atoms with E-state index in [1.807, 2.05) is 6.08 Å². The van der Waals surface area contributed by atoms with E-state index in [-0.39, 0.29) is 18.2 Å². The minimum atomic E-state index is -0.487. The van der Waals surface area contributed by atoms with Crippen LogP contribution < -0.4 is 0 Å². The summed E-state index contributed by atoms with van der Waals surface area (Å²) in [6.45, 7) is 0.192. The van der Waals surface area contributed by atoms with Gasteiger partial charge >= 0.3 is 0 Å². The summed E-state index contributed by atoms with van der Waals surface area (Å²) >= 11 is 0. The molecule has 3 heteroatoms. The highest BCUT2D eigenvalue weighted by atomic mass is 16.5. The van der Waals surface area contributed by atoms with Crippen molar-refractivity contribution in [2.24, 2.45) is 5.41 Å². The number of allylic oxidation sites excluding steroid dienone is 1. The Bertz CT molecular complexity index is 358. The monoisotopic (exact) mass is 192 g/mol. The Hall–Kier alpha value is -0.960. The average molecular weight is 192 g/mol. The molecule has 0 aromatic heterocycles. The molecule has 3 aliphatic rings. The third kappa shape index (κ3) is 0.730. The molecule has 74 valence electrons. The van der Waals surface area contributed by atoms with Crippen LogP contribution in [0.15, 0.2) is 12.2 Å². The van der Waals surface area contributed by atoms with Crippen LogP contribution in [-0.2, 0) is 14.3 Å². The van der Waals surface area contributed by atoms with E-state index < -0.39 is 11.0 Å². The van der Waals surface area contributed by atoms with Gasteiger partial charge in [-0.2, -0.15) is 0 Å². The minimum absolute atomic E-state index is 0.0707. The number of ether oxygens (including phenoxy) is 1. The predicted molar refractivity (Wildman–Crippen MR) is 48.7 cm³/mol. The van der Waals surface area contributed by atoms with Crippen LogP contribution in [0.5, 0.6) is 0 Å². The molecule has 3 nitrogen and oxygen atoms in total. The first-order chi connectivity index (χ1) is 6.69. The van der Waals surface area contributed by atoms with Gasteiger partial charge in [-0.05, 0) is 31.4 Å². The van der Waals surface area contributed by atoms with Crippen LogP contribution in [0.4, 0.5) is 0 Å². The van der Waals surface area contributed by atoms with Crippen LogP contribution in [0, 0.1) is 5.41 Å². The highest BCUT2D eigenvalue weighted by Crippen LogP contribution is 2.57. The molecule has 0 aromatic rings. The van der Waals surface area contributed by atoms with Crippen molar-refractivity contribution in [2.75, 3.05) is 6.61 Å². The molecule has 2 fully saturated rings. The Morgan fingerprint density at radius 1 is 1.29 bits per heavy atom. The molecular formula is C11H12O3. The fraction of sp³-hybridized carbons (Fsp3) is 0.636.